The van der Waals surface area contributed by atoms with Gasteiger partial charge >= 0.3 is 0 Å². The summed E-state index contributed by atoms with van der Waals surface area (Å²) in [5.74, 6) is 2.47. The number of nitriles is 1. The number of anilines is 1. The predicted molar refractivity (Wildman–Crippen MR) is 129 cm³/mol. The van der Waals surface area contributed by atoms with E-state index in [4.69, 9.17) is 20.7 Å². The van der Waals surface area contributed by atoms with Crippen molar-refractivity contribution >= 4 is 24.3 Å². The maximum absolute atomic E-state index is 14.6. The van der Waals surface area contributed by atoms with Crippen LogP contribution in [0.3, 0.4) is 0 Å². The second-order valence-corrected chi connectivity index (χ2v) is 7.78. The van der Waals surface area contributed by atoms with Crippen molar-refractivity contribution < 1.29 is 9.13 Å². The number of hydrogen-bond donors (Lipinski definition) is 1. The number of benzene rings is 1. The zero-order chi connectivity index (χ0) is 23.3. The molecule has 3 aromatic rings. The van der Waals surface area contributed by atoms with Gasteiger partial charge in [-0.25, -0.2) is 14.6 Å². The Kier molecular flexibility index (Phi) is 7.52. The Bertz CT molecular complexity index is 1160. The minimum absolute atomic E-state index is 0.140. The number of nitrogen functional groups attached to an aromatic ring is 1. The molecule has 1 saturated heterocycles. The molecule has 3 heterocycles. The van der Waals surface area contributed by atoms with Crippen molar-refractivity contribution in [1.82, 2.24) is 9.38 Å². The van der Waals surface area contributed by atoms with Crippen molar-refractivity contribution in [1.29, 1.82) is 5.26 Å². The fourth-order valence-electron chi connectivity index (χ4n) is 3.97. The largest absolute Gasteiger partial charge is 0.495 e. The SMILES string of the molecule is CC.COc1cc(-c2cc(F)c3nc(C)cn3c2)cc(C=NC2CCB(C#N)CC2)c1N. The number of methoxy groups -OCH3 is 1. The standard InChI is InChI=1S/C22H23BFN5O.C2H6/c1-14-11-29-12-17(8-19(24)22(29)28-14)15-7-16(21(26)20(9-15)30-2)10-27-18-3-5-23(13-25)6-4-18;1-2/h7-12,18H,3-6,26H2,1-2H3;1-2H3. The van der Waals surface area contributed by atoms with Crippen molar-refractivity contribution in [3.05, 3.63) is 47.7 Å². The Morgan fingerprint density at radius 3 is 2.62 bits per heavy atom. The summed E-state index contributed by atoms with van der Waals surface area (Å²) >= 11 is 0. The fourth-order valence-corrected chi connectivity index (χ4v) is 3.97. The molecule has 2 aromatic heterocycles. The van der Waals surface area contributed by atoms with Crippen molar-refractivity contribution in [3.63, 3.8) is 0 Å². The number of ether oxygens (including phenoxy) is 1. The van der Waals surface area contributed by atoms with Crippen LogP contribution >= 0.6 is 0 Å². The molecular weight excluding hydrogens is 404 g/mol. The highest BCUT2D eigenvalue weighted by Crippen LogP contribution is 2.33. The molecule has 0 aliphatic carbocycles. The minimum Gasteiger partial charge on any atom is -0.495 e. The first-order valence-corrected chi connectivity index (χ1v) is 11.0. The molecule has 32 heavy (non-hydrogen) atoms. The molecule has 0 bridgehead atoms. The first kappa shape index (κ1) is 23.3. The Hall–Kier alpha value is -3.34. The number of nitrogens with two attached hydrogens (primary N) is 1. The van der Waals surface area contributed by atoms with E-state index in [1.54, 1.807) is 30.0 Å². The molecule has 0 unspecified atom stereocenters. The summed E-state index contributed by atoms with van der Waals surface area (Å²) in [5, 5.41) is 9.05. The number of nitrogens with zero attached hydrogens (tertiary/aromatic N) is 4. The summed E-state index contributed by atoms with van der Waals surface area (Å²) in [4.78, 5) is 8.91. The number of rotatable bonds is 4. The predicted octanol–water partition coefficient (Wildman–Crippen LogP) is 5.20. The van der Waals surface area contributed by atoms with E-state index in [9.17, 15) is 4.39 Å². The normalized spacial score (nSPS) is 14.3. The maximum Gasteiger partial charge on any atom is 0.268 e. The van der Waals surface area contributed by atoms with Gasteiger partial charge in [-0.1, -0.05) is 26.5 Å². The van der Waals surface area contributed by atoms with Gasteiger partial charge in [-0.2, -0.15) is 0 Å². The van der Waals surface area contributed by atoms with E-state index in [1.165, 1.54) is 6.07 Å². The molecule has 1 fully saturated rings. The average Bonchev–Trinajstić information content (AvgIpc) is 3.21. The van der Waals surface area contributed by atoms with Crippen LogP contribution in [-0.4, -0.2) is 35.5 Å². The smallest absolute Gasteiger partial charge is 0.268 e. The Morgan fingerprint density at radius 1 is 1.25 bits per heavy atom. The molecule has 0 radical (unpaired) electrons. The average molecular weight is 433 g/mol. The third-order valence-electron chi connectivity index (χ3n) is 5.66. The molecule has 4 rings (SSSR count). The van der Waals surface area contributed by atoms with Crippen molar-refractivity contribution in [2.24, 2.45) is 4.99 Å². The van der Waals surface area contributed by atoms with Gasteiger partial charge in [0.1, 0.15) is 5.75 Å². The van der Waals surface area contributed by atoms with Crippen LogP contribution in [-0.2, 0) is 0 Å². The fraction of sp³-hybridized carbons (Fsp3) is 0.375. The maximum atomic E-state index is 14.6. The van der Waals surface area contributed by atoms with E-state index in [0.29, 0.717) is 22.6 Å². The Labute approximate surface area is 189 Å². The van der Waals surface area contributed by atoms with Crippen LogP contribution in [0.25, 0.3) is 16.8 Å². The molecule has 1 aromatic carbocycles. The zero-order valence-corrected chi connectivity index (χ0v) is 19.1. The van der Waals surface area contributed by atoms with Crippen LogP contribution in [0.2, 0.25) is 12.6 Å². The number of aliphatic imine (C=N–C) groups is 1. The lowest BCUT2D eigenvalue weighted by Gasteiger charge is -2.19. The van der Waals surface area contributed by atoms with E-state index in [0.717, 1.165) is 42.3 Å². The van der Waals surface area contributed by atoms with Gasteiger partial charge in [0.25, 0.3) is 6.71 Å². The van der Waals surface area contributed by atoms with E-state index < -0.39 is 0 Å². The lowest BCUT2D eigenvalue weighted by molar-refractivity contribution is 0.417. The summed E-state index contributed by atoms with van der Waals surface area (Å²) in [6.07, 6.45) is 8.95. The molecule has 6 nitrogen and oxygen atoms in total. The molecule has 166 valence electrons. The first-order valence-electron chi connectivity index (χ1n) is 11.0. The summed E-state index contributed by atoms with van der Waals surface area (Å²) in [7, 11) is 1.56. The number of imidazole rings is 1. The van der Waals surface area contributed by atoms with Crippen LogP contribution < -0.4 is 10.5 Å². The van der Waals surface area contributed by atoms with Gasteiger partial charge in [-0.05, 0) is 43.5 Å². The van der Waals surface area contributed by atoms with E-state index >= 15 is 0 Å². The van der Waals surface area contributed by atoms with Gasteiger partial charge in [0.2, 0.25) is 0 Å². The van der Waals surface area contributed by atoms with Gasteiger partial charge in [0, 0.05) is 41.7 Å². The number of aryl methyl sites for hydroxylation is 1. The van der Waals surface area contributed by atoms with E-state index in [2.05, 4.69) is 11.0 Å². The van der Waals surface area contributed by atoms with Gasteiger partial charge in [0.05, 0.1) is 18.5 Å². The molecule has 2 N–H and O–H groups in total. The van der Waals surface area contributed by atoms with Crippen LogP contribution in [0.1, 0.15) is 37.9 Å². The first-order chi connectivity index (χ1) is 15.5. The third kappa shape index (κ3) is 4.93. The zero-order valence-electron chi connectivity index (χ0n) is 19.1. The van der Waals surface area contributed by atoms with Crippen LogP contribution in [0, 0.1) is 24.0 Å². The van der Waals surface area contributed by atoms with Gasteiger partial charge in [-0.15, -0.1) is 0 Å². The number of pyridine rings is 1. The van der Waals surface area contributed by atoms with E-state index in [-0.39, 0.29) is 18.6 Å². The molecule has 0 atom stereocenters. The van der Waals surface area contributed by atoms with Crippen LogP contribution in [0.5, 0.6) is 5.75 Å². The molecular formula is C24H29BFN5O. The lowest BCUT2D eigenvalue weighted by Crippen LogP contribution is -2.22. The lowest BCUT2D eigenvalue weighted by atomic mass is 9.42. The van der Waals surface area contributed by atoms with Gasteiger partial charge in [0.15, 0.2) is 11.5 Å². The summed E-state index contributed by atoms with van der Waals surface area (Å²) in [5.41, 5.74) is 10.0. The highest BCUT2D eigenvalue weighted by atomic mass is 19.1. The molecule has 1 aliphatic heterocycles. The number of halogens is 1. The summed E-state index contributed by atoms with van der Waals surface area (Å²) in [6, 6.07) is 5.35. The molecule has 0 amide bonds. The Balaban J connectivity index is 0.00000141. The number of fused-ring (bicyclic) bond motifs is 1. The Morgan fingerprint density at radius 2 is 1.97 bits per heavy atom. The monoisotopic (exact) mass is 433 g/mol. The van der Waals surface area contributed by atoms with Crippen LogP contribution in [0.4, 0.5) is 10.1 Å². The van der Waals surface area contributed by atoms with Crippen LogP contribution in [0.15, 0.2) is 35.6 Å². The quantitative estimate of drug-likeness (QED) is 0.348. The van der Waals surface area contributed by atoms with E-state index in [1.807, 2.05) is 33.0 Å². The molecule has 0 saturated carbocycles. The second kappa shape index (κ2) is 10.3. The highest BCUT2D eigenvalue weighted by Gasteiger charge is 2.23. The number of aromatic nitrogens is 2. The topological polar surface area (TPSA) is 88.7 Å². The second-order valence-electron chi connectivity index (χ2n) is 7.78. The summed E-state index contributed by atoms with van der Waals surface area (Å²) in [6.45, 7) is 5.97. The number of hydrogen-bond acceptors (Lipinski definition) is 5. The van der Waals surface area contributed by atoms with Gasteiger partial charge < -0.3 is 14.9 Å². The molecule has 0 spiro atoms. The molecule has 1 aliphatic rings. The van der Waals surface area contributed by atoms with Crippen molar-refractivity contribution in [3.8, 4) is 22.8 Å². The van der Waals surface area contributed by atoms with Crippen molar-refractivity contribution in [2.75, 3.05) is 12.8 Å². The third-order valence-corrected chi connectivity index (χ3v) is 5.66. The van der Waals surface area contributed by atoms with Crippen molar-refractivity contribution in [2.45, 2.75) is 52.3 Å². The minimum atomic E-state index is -0.388. The van der Waals surface area contributed by atoms with Gasteiger partial charge in [-0.3, -0.25) is 4.99 Å². The highest BCUT2D eigenvalue weighted by molar-refractivity contribution is 6.67. The summed E-state index contributed by atoms with van der Waals surface area (Å²) < 4.78 is 21.7. The molecule has 8 heteroatoms.